The molecule has 22 heavy (non-hydrogen) atoms. The van der Waals surface area contributed by atoms with Crippen LogP contribution in [0.4, 0.5) is 0 Å². The highest BCUT2D eigenvalue weighted by atomic mass is 16.5. The third-order valence-corrected chi connectivity index (χ3v) is 4.50. The second kappa shape index (κ2) is 6.18. The molecule has 3 heterocycles. The van der Waals surface area contributed by atoms with Gasteiger partial charge in [0.1, 0.15) is 11.6 Å². The zero-order valence-corrected chi connectivity index (χ0v) is 13.8. The molecule has 0 bridgehead atoms. The van der Waals surface area contributed by atoms with Crippen LogP contribution in [-0.4, -0.2) is 55.9 Å². The Kier molecular flexibility index (Phi) is 4.26. The molecule has 7 nitrogen and oxygen atoms in total. The molecule has 2 aromatic heterocycles. The molecule has 1 unspecified atom stereocenters. The average molecular weight is 304 g/mol. The summed E-state index contributed by atoms with van der Waals surface area (Å²) in [4.78, 5) is 4.79. The monoisotopic (exact) mass is 304 g/mol. The normalized spacial score (nSPS) is 19.4. The van der Waals surface area contributed by atoms with Crippen LogP contribution in [0, 0.1) is 13.8 Å². The molecule has 1 aliphatic heterocycles. The van der Waals surface area contributed by atoms with Gasteiger partial charge in [-0.05, 0) is 27.3 Å². The van der Waals surface area contributed by atoms with E-state index in [9.17, 15) is 0 Å². The molecule has 0 saturated carbocycles. The number of likely N-dealkylation sites (N-methyl/N-ethyl adjacent to an activating group) is 1. The lowest BCUT2D eigenvalue weighted by atomic mass is 10.2. The molecule has 0 aliphatic carbocycles. The topological polar surface area (TPSA) is 63.2 Å². The van der Waals surface area contributed by atoms with Gasteiger partial charge in [-0.15, -0.1) is 10.2 Å². The number of likely N-dealkylation sites (tertiary alicyclic amines) is 1. The number of rotatable bonds is 5. The lowest BCUT2D eigenvalue weighted by Crippen LogP contribution is -2.34. The Hall–Kier alpha value is -1.73. The van der Waals surface area contributed by atoms with Crippen molar-refractivity contribution in [3.63, 3.8) is 0 Å². The molecule has 0 spiro atoms. The van der Waals surface area contributed by atoms with E-state index in [2.05, 4.69) is 36.8 Å². The Labute approximate surface area is 130 Å². The third kappa shape index (κ3) is 3.20. The van der Waals surface area contributed by atoms with Crippen LogP contribution in [0.3, 0.4) is 0 Å². The smallest absolute Gasteiger partial charge is 0.150 e. The Balaban J connectivity index is 1.54. The van der Waals surface area contributed by atoms with Gasteiger partial charge in [0.2, 0.25) is 0 Å². The van der Waals surface area contributed by atoms with E-state index < -0.39 is 0 Å². The number of hydrogen-bond donors (Lipinski definition) is 0. The standard InChI is InChI=1S/C15H24N6O/c1-11-7-14(22-18-11)9-21-6-5-13(8-21)19(3)10-15-17-16-12(2)20(15)4/h7,13H,5-6,8-10H2,1-4H3. The molecule has 120 valence electrons. The van der Waals surface area contributed by atoms with Gasteiger partial charge in [0.25, 0.3) is 0 Å². The van der Waals surface area contributed by atoms with Crippen LogP contribution in [0.2, 0.25) is 0 Å². The van der Waals surface area contributed by atoms with E-state index in [0.717, 1.165) is 49.3 Å². The van der Waals surface area contributed by atoms with Crippen LogP contribution < -0.4 is 0 Å². The molecule has 0 N–H and O–H groups in total. The van der Waals surface area contributed by atoms with Crippen molar-refractivity contribution in [2.75, 3.05) is 20.1 Å². The van der Waals surface area contributed by atoms with E-state index in [1.807, 2.05) is 27.0 Å². The highest BCUT2D eigenvalue weighted by Gasteiger charge is 2.27. The maximum Gasteiger partial charge on any atom is 0.150 e. The van der Waals surface area contributed by atoms with E-state index in [0.29, 0.717) is 6.04 Å². The summed E-state index contributed by atoms with van der Waals surface area (Å²) in [6, 6.07) is 2.56. The van der Waals surface area contributed by atoms with Gasteiger partial charge in [-0.3, -0.25) is 9.80 Å². The summed E-state index contributed by atoms with van der Waals surface area (Å²) in [6.45, 7) is 7.74. The SMILES string of the molecule is Cc1cc(CN2CCC(N(C)Cc3nnc(C)n3C)C2)on1. The van der Waals surface area contributed by atoms with Crippen molar-refractivity contribution in [3.8, 4) is 0 Å². The molecule has 0 aromatic carbocycles. The van der Waals surface area contributed by atoms with Gasteiger partial charge in [-0.1, -0.05) is 5.16 Å². The number of nitrogens with zero attached hydrogens (tertiary/aromatic N) is 6. The van der Waals surface area contributed by atoms with Crippen LogP contribution in [0.5, 0.6) is 0 Å². The first-order valence-corrected chi connectivity index (χ1v) is 7.72. The average Bonchev–Trinajstić information content (AvgIpc) is 3.17. The lowest BCUT2D eigenvalue weighted by Gasteiger charge is -2.24. The van der Waals surface area contributed by atoms with E-state index in [1.165, 1.54) is 6.42 Å². The number of hydrogen-bond acceptors (Lipinski definition) is 6. The Morgan fingerprint density at radius 2 is 2.18 bits per heavy atom. The van der Waals surface area contributed by atoms with E-state index >= 15 is 0 Å². The summed E-state index contributed by atoms with van der Waals surface area (Å²) in [7, 11) is 4.18. The zero-order valence-electron chi connectivity index (χ0n) is 13.8. The van der Waals surface area contributed by atoms with Crippen molar-refractivity contribution in [1.82, 2.24) is 29.7 Å². The summed E-state index contributed by atoms with van der Waals surface area (Å²) < 4.78 is 7.37. The van der Waals surface area contributed by atoms with Crippen LogP contribution >= 0.6 is 0 Å². The van der Waals surface area contributed by atoms with E-state index in [4.69, 9.17) is 4.52 Å². The summed E-state index contributed by atoms with van der Waals surface area (Å²) in [5, 5.41) is 12.3. The van der Waals surface area contributed by atoms with Crippen molar-refractivity contribution >= 4 is 0 Å². The van der Waals surface area contributed by atoms with Crippen molar-refractivity contribution in [2.45, 2.75) is 39.4 Å². The van der Waals surface area contributed by atoms with Gasteiger partial charge in [-0.25, -0.2) is 0 Å². The fourth-order valence-electron chi connectivity index (χ4n) is 2.97. The second-order valence-corrected chi connectivity index (χ2v) is 6.25. The van der Waals surface area contributed by atoms with Gasteiger partial charge in [-0.2, -0.15) is 0 Å². The molecule has 1 aliphatic rings. The highest BCUT2D eigenvalue weighted by Crippen LogP contribution is 2.19. The van der Waals surface area contributed by atoms with E-state index in [1.54, 1.807) is 0 Å². The molecule has 0 radical (unpaired) electrons. The molecule has 1 atom stereocenters. The third-order valence-electron chi connectivity index (χ3n) is 4.50. The van der Waals surface area contributed by atoms with Crippen LogP contribution in [-0.2, 0) is 20.1 Å². The first-order valence-electron chi connectivity index (χ1n) is 7.72. The summed E-state index contributed by atoms with van der Waals surface area (Å²) in [6.07, 6.45) is 1.17. The Bertz CT molecular complexity index is 634. The Morgan fingerprint density at radius 1 is 1.36 bits per heavy atom. The summed E-state index contributed by atoms with van der Waals surface area (Å²) in [5.74, 6) is 2.92. The van der Waals surface area contributed by atoms with Gasteiger partial charge >= 0.3 is 0 Å². The quantitative estimate of drug-likeness (QED) is 0.825. The molecule has 1 fully saturated rings. The number of aryl methyl sites for hydroxylation is 2. The van der Waals surface area contributed by atoms with Crippen LogP contribution in [0.15, 0.2) is 10.6 Å². The fourth-order valence-corrected chi connectivity index (χ4v) is 2.97. The summed E-state index contributed by atoms with van der Waals surface area (Å²) >= 11 is 0. The van der Waals surface area contributed by atoms with Crippen molar-refractivity contribution < 1.29 is 4.52 Å². The second-order valence-electron chi connectivity index (χ2n) is 6.25. The molecule has 2 aromatic rings. The first-order chi connectivity index (χ1) is 10.5. The van der Waals surface area contributed by atoms with Crippen LogP contribution in [0.25, 0.3) is 0 Å². The number of aromatic nitrogens is 4. The minimum Gasteiger partial charge on any atom is -0.360 e. The Morgan fingerprint density at radius 3 is 2.82 bits per heavy atom. The first kappa shape index (κ1) is 15.2. The molecule has 1 saturated heterocycles. The van der Waals surface area contributed by atoms with Gasteiger partial charge in [0, 0.05) is 32.2 Å². The zero-order chi connectivity index (χ0) is 15.7. The predicted molar refractivity (Wildman–Crippen MR) is 82.1 cm³/mol. The van der Waals surface area contributed by atoms with Gasteiger partial charge in [0.05, 0.1) is 18.8 Å². The van der Waals surface area contributed by atoms with Crippen molar-refractivity contribution in [1.29, 1.82) is 0 Å². The highest BCUT2D eigenvalue weighted by molar-refractivity contribution is 5.03. The molecule has 0 amide bonds. The maximum atomic E-state index is 5.31. The molecular weight excluding hydrogens is 280 g/mol. The van der Waals surface area contributed by atoms with E-state index in [-0.39, 0.29) is 0 Å². The molecule has 3 rings (SSSR count). The lowest BCUT2D eigenvalue weighted by molar-refractivity contribution is 0.208. The van der Waals surface area contributed by atoms with Crippen molar-refractivity contribution in [3.05, 3.63) is 29.2 Å². The minimum absolute atomic E-state index is 0.543. The minimum atomic E-state index is 0.543. The molecule has 7 heteroatoms. The summed E-state index contributed by atoms with van der Waals surface area (Å²) in [5.41, 5.74) is 0.945. The fraction of sp³-hybridized carbons (Fsp3) is 0.667. The molecular formula is C15H24N6O. The van der Waals surface area contributed by atoms with Gasteiger partial charge in [0.15, 0.2) is 5.76 Å². The van der Waals surface area contributed by atoms with Gasteiger partial charge < -0.3 is 9.09 Å². The van der Waals surface area contributed by atoms with Crippen LogP contribution in [0.1, 0.15) is 29.5 Å². The predicted octanol–water partition coefficient (Wildman–Crippen LogP) is 1.13. The largest absolute Gasteiger partial charge is 0.360 e. The van der Waals surface area contributed by atoms with Crippen molar-refractivity contribution in [2.24, 2.45) is 7.05 Å². The maximum absolute atomic E-state index is 5.31.